The summed E-state index contributed by atoms with van der Waals surface area (Å²) in [5, 5.41) is 11.7. The molecule has 0 unspecified atom stereocenters. The van der Waals surface area contributed by atoms with E-state index in [4.69, 9.17) is 11.5 Å². The summed E-state index contributed by atoms with van der Waals surface area (Å²) >= 11 is 0. The van der Waals surface area contributed by atoms with Crippen molar-refractivity contribution in [3.05, 3.63) is 70.8 Å². The molecule has 0 saturated heterocycles. The topological polar surface area (TPSA) is 168 Å². The number of hydrogen-bond acceptors (Lipinski definition) is 6. The van der Waals surface area contributed by atoms with Gasteiger partial charge in [-0.3, -0.25) is 19.2 Å². The Morgan fingerprint density at radius 3 is 0.909 bits per heavy atom. The lowest BCUT2D eigenvalue weighted by Gasteiger charge is -2.09. The van der Waals surface area contributed by atoms with Gasteiger partial charge >= 0.3 is 0 Å². The smallest absolute Gasteiger partial charge is 0.251 e. The van der Waals surface area contributed by atoms with Crippen molar-refractivity contribution < 1.29 is 19.2 Å². The molecule has 0 radical (unpaired) electrons. The summed E-state index contributed by atoms with van der Waals surface area (Å²) in [6.07, 6.45) is 11.4. The van der Waals surface area contributed by atoms with Crippen LogP contribution in [0.3, 0.4) is 0 Å². The van der Waals surface area contributed by atoms with E-state index in [9.17, 15) is 19.2 Å². The van der Waals surface area contributed by atoms with Crippen LogP contribution in [0.25, 0.3) is 0 Å². The van der Waals surface area contributed by atoms with Crippen LogP contribution in [0.1, 0.15) is 118 Å². The Labute approximate surface area is 262 Å². The van der Waals surface area contributed by atoms with Gasteiger partial charge in [-0.2, -0.15) is 0 Å². The van der Waals surface area contributed by atoms with E-state index in [0.717, 1.165) is 77.0 Å². The maximum absolute atomic E-state index is 12.6. The zero-order valence-electron chi connectivity index (χ0n) is 26.1. The Morgan fingerprint density at radius 2 is 0.659 bits per heavy atom. The summed E-state index contributed by atoms with van der Waals surface area (Å²) in [7, 11) is 0. The van der Waals surface area contributed by atoms with E-state index < -0.39 is 0 Å². The standard InChI is InChI=1S/C34H52N6O4/c35-19-7-1-3-9-21-37-31(41)27-15-13-17-29(25-27)33(43)39-23-11-5-6-12-24-40-34(44)30-18-14-16-28(26-30)32(42)38-22-10-4-2-8-20-36/h13-18,25-26H,1-12,19-24,35-36H2,(H,37,41)(H,38,42)(H,39,43)(H,40,44). The number of carbonyl (C=O) groups excluding carboxylic acids is 4. The molecule has 10 nitrogen and oxygen atoms in total. The summed E-state index contributed by atoms with van der Waals surface area (Å²) in [5.74, 6) is -0.757. The molecule has 242 valence electrons. The van der Waals surface area contributed by atoms with E-state index >= 15 is 0 Å². The van der Waals surface area contributed by atoms with Gasteiger partial charge in [0.2, 0.25) is 0 Å². The molecular weight excluding hydrogens is 556 g/mol. The second-order valence-electron chi connectivity index (χ2n) is 11.0. The molecule has 0 atom stereocenters. The summed E-state index contributed by atoms with van der Waals surface area (Å²) < 4.78 is 0. The highest BCUT2D eigenvalue weighted by atomic mass is 16.2. The van der Waals surface area contributed by atoms with Crippen LogP contribution in [0.15, 0.2) is 48.5 Å². The number of carbonyl (C=O) groups is 4. The van der Waals surface area contributed by atoms with Gasteiger partial charge in [-0.25, -0.2) is 0 Å². The van der Waals surface area contributed by atoms with Crippen LogP contribution >= 0.6 is 0 Å². The molecule has 0 spiro atoms. The summed E-state index contributed by atoms with van der Waals surface area (Å²) in [5.41, 5.74) is 12.9. The van der Waals surface area contributed by atoms with Gasteiger partial charge < -0.3 is 32.7 Å². The molecule has 4 amide bonds. The Hall–Kier alpha value is -3.76. The lowest BCUT2D eigenvalue weighted by Crippen LogP contribution is -2.27. The Morgan fingerprint density at radius 1 is 0.409 bits per heavy atom. The van der Waals surface area contributed by atoms with E-state index in [1.54, 1.807) is 48.5 Å². The number of rotatable bonds is 23. The minimum absolute atomic E-state index is 0.177. The van der Waals surface area contributed by atoms with Crippen LogP contribution < -0.4 is 32.7 Å². The molecule has 0 aromatic heterocycles. The molecule has 0 saturated carbocycles. The fourth-order valence-corrected chi connectivity index (χ4v) is 4.67. The highest BCUT2D eigenvalue weighted by molar-refractivity contribution is 6.00. The molecule has 2 aromatic carbocycles. The van der Waals surface area contributed by atoms with Crippen LogP contribution in [-0.2, 0) is 0 Å². The number of nitrogens with two attached hydrogens (primary N) is 2. The normalized spacial score (nSPS) is 10.7. The number of unbranched alkanes of at least 4 members (excludes halogenated alkanes) is 9. The highest BCUT2D eigenvalue weighted by Gasteiger charge is 2.11. The third-order valence-corrected chi connectivity index (χ3v) is 7.28. The van der Waals surface area contributed by atoms with Crippen LogP contribution in [0.5, 0.6) is 0 Å². The first kappa shape index (κ1) is 36.4. The van der Waals surface area contributed by atoms with Crippen molar-refractivity contribution in [2.24, 2.45) is 11.5 Å². The average Bonchev–Trinajstić information content (AvgIpc) is 3.05. The fraction of sp³-hybridized carbons (Fsp3) is 0.529. The molecule has 0 fully saturated rings. The minimum Gasteiger partial charge on any atom is -0.352 e. The summed E-state index contributed by atoms with van der Waals surface area (Å²) in [6.45, 7) is 3.66. The maximum atomic E-state index is 12.6. The summed E-state index contributed by atoms with van der Waals surface area (Å²) in [6, 6.07) is 13.5. The van der Waals surface area contributed by atoms with E-state index in [1.807, 2.05) is 0 Å². The van der Waals surface area contributed by atoms with Crippen molar-refractivity contribution in [1.82, 2.24) is 21.3 Å². The van der Waals surface area contributed by atoms with E-state index in [0.29, 0.717) is 61.5 Å². The van der Waals surface area contributed by atoms with Gasteiger partial charge in [-0.1, -0.05) is 50.7 Å². The molecule has 0 aliphatic heterocycles. The van der Waals surface area contributed by atoms with Gasteiger partial charge in [0, 0.05) is 48.4 Å². The van der Waals surface area contributed by atoms with Gasteiger partial charge in [0.15, 0.2) is 0 Å². The van der Waals surface area contributed by atoms with Crippen molar-refractivity contribution in [2.45, 2.75) is 77.0 Å². The largest absolute Gasteiger partial charge is 0.352 e. The predicted molar refractivity (Wildman–Crippen MR) is 176 cm³/mol. The molecule has 2 rings (SSSR count). The van der Waals surface area contributed by atoms with Crippen molar-refractivity contribution in [1.29, 1.82) is 0 Å². The zero-order valence-corrected chi connectivity index (χ0v) is 26.1. The highest BCUT2D eigenvalue weighted by Crippen LogP contribution is 2.08. The van der Waals surface area contributed by atoms with Gasteiger partial charge in [-0.05, 0) is 88.0 Å². The van der Waals surface area contributed by atoms with Crippen LogP contribution in [0.4, 0.5) is 0 Å². The molecule has 8 N–H and O–H groups in total. The van der Waals surface area contributed by atoms with E-state index in [2.05, 4.69) is 21.3 Å². The third-order valence-electron chi connectivity index (χ3n) is 7.28. The van der Waals surface area contributed by atoms with Crippen molar-refractivity contribution in [3.63, 3.8) is 0 Å². The Balaban J connectivity index is 1.59. The molecule has 2 aromatic rings. The van der Waals surface area contributed by atoms with Gasteiger partial charge in [0.05, 0.1) is 0 Å². The van der Waals surface area contributed by atoms with Crippen molar-refractivity contribution in [3.8, 4) is 0 Å². The van der Waals surface area contributed by atoms with E-state index in [1.165, 1.54) is 0 Å². The maximum Gasteiger partial charge on any atom is 0.251 e. The molecule has 10 heteroatoms. The van der Waals surface area contributed by atoms with Crippen molar-refractivity contribution >= 4 is 23.6 Å². The van der Waals surface area contributed by atoms with Gasteiger partial charge in [0.1, 0.15) is 0 Å². The number of amides is 4. The van der Waals surface area contributed by atoms with Crippen LogP contribution in [0.2, 0.25) is 0 Å². The lowest BCUT2D eigenvalue weighted by atomic mass is 10.1. The zero-order chi connectivity index (χ0) is 31.8. The number of hydrogen-bond donors (Lipinski definition) is 6. The first-order chi connectivity index (χ1) is 21.5. The minimum atomic E-state index is -0.202. The summed E-state index contributed by atoms with van der Waals surface area (Å²) in [4.78, 5) is 50.0. The third kappa shape index (κ3) is 15.1. The van der Waals surface area contributed by atoms with Crippen LogP contribution in [-0.4, -0.2) is 62.9 Å². The second-order valence-corrected chi connectivity index (χ2v) is 11.0. The predicted octanol–water partition coefficient (Wildman–Crippen LogP) is 3.90. The monoisotopic (exact) mass is 608 g/mol. The molecule has 0 aliphatic rings. The quantitative estimate of drug-likeness (QED) is 0.105. The SMILES string of the molecule is NCCCCCCNC(=O)c1cccc(C(=O)NCCCCCCNC(=O)c2cccc(C(=O)NCCCCCCN)c2)c1. The first-order valence-corrected chi connectivity index (χ1v) is 16.2. The van der Waals surface area contributed by atoms with Gasteiger partial charge in [-0.15, -0.1) is 0 Å². The average molecular weight is 609 g/mol. The lowest BCUT2D eigenvalue weighted by molar-refractivity contribution is 0.0936. The number of benzene rings is 2. The number of nitrogens with one attached hydrogen (secondary N) is 4. The van der Waals surface area contributed by atoms with Crippen molar-refractivity contribution in [2.75, 3.05) is 39.3 Å². The van der Waals surface area contributed by atoms with E-state index in [-0.39, 0.29) is 23.6 Å². The Bertz CT molecular complexity index is 1070. The Kier molecular flexibility index (Phi) is 18.8. The molecule has 44 heavy (non-hydrogen) atoms. The fourth-order valence-electron chi connectivity index (χ4n) is 4.67. The van der Waals surface area contributed by atoms with Crippen LogP contribution in [0, 0.1) is 0 Å². The molecule has 0 heterocycles. The molecular formula is C34H52N6O4. The molecule has 0 bridgehead atoms. The van der Waals surface area contributed by atoms with Gasteiger partial charge in [0.25, 0.3) is 23.6 Å². The second kappa shape index (κ2) is 22.7. The molecule has 0 aliphatic carbocycles. The first-order valence-electron chi connectivity index (χ1n) is 16.2.